The third-order valence-electron chi connectivity index (χ3n) is 3.90. The summed E-state index contributed by atoms with van der Waals surface area (Å²) in [5.41, 5.74) is 3.52. The minimum absolute atomic E-state index is 0.0765. The van der Waals surface area contributed by atoms with Gasteiger partial charge in [0, 0.05) is 21.2 Å². The summed E-state index contributed by atoms with van der Waals surface area (Å²) < 4.78 is 1.10. The molecule has 0 radical (unpaired) electrons. The van der Waals surface area contributed by atoms with Gasteiger partial charge < -0.3 is 10.5 Å². The molecule has 2 nitrogen and oxygen atoms in total. The fourth-order valence-corrected chi connectivity index (χ4v) is 3.28. The molecule has 3 aromatic carbocycles. The van der Waals surface area contributed by atoms with Crippen molar-refractivity contribution in [3.63, 3.8) is 0 Å². The lowest BCUT2D eigenvalue weighted by atomic mass is 9.73. The van der Waals surface area contributed by atoms with Crippen LogP contribution in [-0.4, -0.2) is 6.98 Å². The molecule has 0 fully saturated rings. The molecule has 3 aromatic rings. The third-order valence-corrected chi connectivity index (χ3v) is 4.62. The molecule has 106 valence electrons. The Bertz CT molecular complexity index is 835. The molecule has 0 spiro atoms. The smallest absolute Gasteiger partial charge is 0.398 e. The molecule has 0 unspecified atom stereocenters. The Morgan fingerprint density at radius 1 is 0.818 bits per heavy atom. The van der Waals surface area contributed by atoms with E-state index in [1.54, 1.807) is 0 Å². The summed E-state index contributed by atoms with van der Waals surface area (Å²) in [6, 6.07) is 20.9. The van der Waals surface area contributed by atoms with Crippen molar-refractivity contribution in [1.82, 2.24) is 0 Å². The molecule has 0 bridgehead atoms. The van der Waals surface area contributed by atoms with E-state index in [2.05, 4.69) is 87.0 Å². The third kappa shape index (κ3) is 2.40. The average molecular weight is 349 g/mol. The number of nitrogens with one attached hydrogen (secondary N) is 2. The van der Waals surface area contributed by atoms with Gasteiger partial charge in [0.15, 0.2) is 0 Å². The van der Waals surface area contributed by atoms with Crippen LogP contribution in [-0.2, 0) is 0 Å². The molecule has 0 aliphatic carbocycles. The van der Waals surface area contributed by atoms with Crippen LogP contribution in [0.25, 0.3) is 16.8 Å². The van der Waals surface area contributed by atoms with E-state index in [1.807, 2.05) is 12.1 Å². The van der Waals surface area contributed by atoms with E-state index in [0.29, 0.717) is 0 Å². The molecule has 1 heterocycles. The number of benzene rings is 3. The van der Waals surface area contributed by atoms with Crippen LogP contribution in [0.3, 0.4) is 0 Å². The average Bonchev–Trinajstić information content (AvgIpc) is 2.55. The van der Waals surface area contributed by atoms with E-state index >= 15 is 0 Å². The highest BCUT2D eigenvalue weighted by Gasteiger charge is 2.20. The van der Waals surface area contributed by atoms with Gasteiger partial charge in [-0.1, -0.05) is 70.4 Å². The second-order valence-corrected chi connectivity index (χ2v) is 6.21. The zero-order chi connectivity index (χ0) is 14.9. The molecule has 0 aromatic heterocycles. The first-order valence-electron chi connectivity index (χ1n) is 7.29. The second-order valence-electron chi connectivity index (χ2n) is 5.36. The predicted molar refractivity (Wildman–Crippen MR) is 100 cm³/mol. The molecule has 2 N–H and O–H groups in total. The minimum Gasteiger partial charge on any atom is -0.405 e. The van der Waals surface area contributed by atoms with Crippen LogP contribution in [0.15, 0.2) is 71.1 Å². The van der Waals surface area contributed by atoms with E-state index in [-0.39, 0.29) is 6.98 Å². The van der Waals surface area contributed by atoms with E-state index in [9.17, 15) is 0 Å². The van der Waals surface area contributed by atoms with Gasteiger partial charge in [0.05, 0.1) is 0 Å². The highest BCUT2D eigenvalue weighted by Crippen LogP contribution is 2.34. The summed E-state index contributed by atoms with van der Waals surface area (Å²) in [6.07, 6.45) is 2.13. The molecule has 1 aliphatic rings. The molecule has 4 heteroatoms. The van der Waals surface area contributed by atoms with Crippen LogP contribution >= 0.6 is 15.9 Å². The summed E-state index contributed by atoms with van der Waals surface area (Å²) in [5, 5.41) is 9.59. The maximum absolute atomic E-state index is 3.58. The van der Waals surface area contributed by atoms with E-state index < -0.39 is 0 Å². The van der Waals surface area contributed by atoms with Crippen molar-refractivity contribution < 1.29 is 0 Å². The van der Waals surface area contributed by atoms with Crippen molar-refractivity contribution >= 4 is 51.1 Å². The van der Waals surface area contributed by atoms with Crippen molar-refractivity contribution in [1.29, 1.82) is 0 Å². The van der Waals surface area contributed by atoms with Crippen molar-refractivity contribution in [3.05, 3.63) is 76.7 Å². The van der Waals surface area contributed by atoms with Gasteiger partial charge in [-0.15, -0.1) is 0 Å². The predicted octanol–water partition coefficient (Wildman–Crippen LogP) is 5.18. The van der Waals surface area contributed by atoms with Gasteiger partial charge >= 0.3 is 6.98 Å². The van der Waals surface area contributed by atoms with E-state index in [1.165, 1.54) is 27.7 Å². The number of hydrogen-bond donors (Lipinski definition) is 2. The Kier molecular flexibility index (Phi) is 3.39. The van der Waals surface area contributed by atoms with Crippen molar-refractivity contribution in [3.8, 4) is 0 Å². The van der Waals surface area contributed by atoms with Crippen LogP contribution in [0.4, 0.5) is 11.4 Å². The van der Waals surface area contributed by atoms with Gasteiger partial charge in [-0.05, 0) is 29.1 Å². The Morgan fingerprint density at radius 3 is 2.18 bits per heavy atom. The van der Waals surface area contributed by atoms with Crippen LogP contribution in [0, 0.1) is 0 Å². The van der Waals surface area contributed by atoms with Gasteiger partial charge in [-0.3, -0.25) is 0 Å². The molecule has 1 aliphatic heterocycles. The van der Waals surface area contributed by atoms with Gasteiger partial charge in [-0.2, -0.15) is 0 Å². The molecule has 0 saturated carbocycles. The number of hydrogen-bond acceptors (Lipinski definition) is 2. The minimum atomic E-state index is 0.0765. The zero-order valence-electron chi connectivity index (χ0n) is 11.9. The topological polar surface area (TPSA) is 24.1 Å². The summed E-state index contributed by atoms with van der Waals surface area (Å²) in [5.74, 6) is 2.15. The van der Waals surface area contributed by atoms with E-state index in [4.69, 9.17) is 0 Å². The Labute approximate surface area is 138 Å². The van der Waals surface area contributed by atoms with Crippen molar-refractivity contribution in [2.75, 3.05) is 10.5 Å². The number of halogens is 1. The lowest BCUT2D eigenvalue weighted by molar-refractivity contribution is 1.59. The Hall–Kier alpha value is -2.20. The van der Waals surface area contributed by atoms with E-state index in [0.717, 1.165) is 4.47 Å². The Balaban J connectivity index is 1.66. The first-order chi connectivity index (χ1) is 10.8. The van der Waals surface area contributed by atoms with Crippen LogP contribution < -0.4 is 10.5 Å². The van der Waals surface area contributed by atoms with Gasteiger partial charge in [0.25, 0.3) is 0 Å². The van der Waals surface area contributed by atoms with Crippen molar-refractivity contribution in [2.45, 2.75) is 0 Å². The maximum atomic E-state index is 3.58. The fraction of sp³-hybridized carbons (Fsp3) is 0. The summed E-state index contributed by atoms with van der Waals surface area (Å²) in [7, 11) is 0. The van der Waals surface area contributed by atoms with Gasteiger partial charge in [0.1, 0.15) is 0 Å². The lowest BCUT2D eigenvalue weighted by Gasteiger charge is -2.24. The first-order valence-corrected chi connectivity index (χ1v) is 8.08. The van der Waals surface area contributed by atoms with Gasteiger partial charge in [-0.25, -0.2) is 0 Å². The standard InChI is InChI=1S/C18H14BBrN2/c20-15-8-2-1-5-13(15)11-12-19-21-16-9-3-6-14-7-4-10-17(22-19)18(14)16/h1-12,21-22H/b12-11-. The molecular formula is C18H14BBrN2. The number of anilines is 2. The summed E-state index contributed by atoms with van der Waals surface area (Å²) >= 11 is 3.58. The first kappa shape index (κ1) is 13.5. The highest BCUT2D eigenvalue weighted by atomic mass is 79.9. The largest absolute Gasteiger partial charge is 0.405 e. The summed E-state index contributed by atoms with van der Waals surface area (Å²) in [6.45, 7) is 0.0765. The summed E-state index contributed by atoms with van der Waals surface area (Å²) in [4.78, 5) is 0. The Morgan fingerprint density at radius 2 is 1.50 bits per heavy atom. The molecule has 0 saturated heterocycles. The molecule has 4 rings (SSSR count). The monoisotopic (exact) mass is 348 g/mol. The normalized spacial score (nSPS) is 13.2. The second kappa shape index (κ2) is 5.54. The fourth-order valence-electron chi connectivity index (χ4n) is 2.86. The SMILES string of the molecule is Brc1ccccc1/C=C\B1Nc2cccc3cccc(c23)N1. The highest BCUT2D eigenvalue weighted by molar-refractivity contribution is 9.10. The number of rotatable bonds is 2. The maximum Gasteiger partial charge on any atom is 0.398 e. The molecule has 22 heavy (non-hydrogen) atoms. The molecule has 0 atom stereocenters. The zero-order valence-corrected chi connectivity index (χ0v) is 13.5. The quantitative estimate of drug-likeness (QED) is 0.623. The van der Waals surface area contributed by atoms with Crippen LogP contribution in [0.1, 0.15) is 5.56 Å². The van der Waals surface area contributed by atoms with Crippen LogP contribution in [0.2, 0.25) is 0 Å². The molecule has 0 amide bonds. The molecular weight excluding hydrogens is 335 g/mol. The van der Waals surface area contributed by atoms with Crippen molar-refractivity contribution in [2.24, 2.45) is 0 Å². The van der Waals surface area contributed by atoms with Crippen LogP contribution in [0.5, 0.6) is 0 Å². The lowest BCUT2D eigenvalue weighted by Crippen LogP contribution is -2.35. The van der Waals surface area contributed by atoms with Gasteiger partial charge in [0.2, 0.25) is 0 Å².